The van der Waals surface area contributed by atoms with Crippen LogP contribution in [0, 0.1) is 6.92 Å². The number of hydrogen-bond acceptors (Lipinski definition) is 5. The van der Waals surface area contributed by atoms with E-state index in [2.05, 4.69) is 20.5 Å². The van der Waals surface area contributed by atoms with Crippen LogP contribution in [0.4, 0.5) is 5.69 Å². The molecule has 0 aliphatic carbocycles. The van der Waals surface area contributed by atoms with Gasteiger partial charge in [-0.2, -0.15) is 5.10 Å². The van der Waals surface area contributed by atoms with Gasteiger partial charge in [0.2, 0.25) is 5.91 Å². The minimum atomic E-state index is -0.353. The van der Waals surface area contributed by atoms with E-state index in [0.29, 0.717) is 38.4 Å². The monoisotopic (exact) mass is 383 g/mol. The Balaban J connectivity index is 1.36. The second-order valence-electron chi connectivity index (χ2n) is 7.38. The highest BCUT2D eigenvalue weighted by atomic mass is 16.5. The Kier molecular flexibility index (Phi) is 5.38. The topological polar surface area (TPSA) is 100 Å². The minimum absolute atomic E-state index is 0.0945. The van der Waals surface area contributed by atoms with Crippen molar-refractivity contribution in [2.45, 2.75) is 51.7 Å². The molecular weight excluding hydrogens is 358 g/mol. The molecule has 2 N–H and O–H groups in total. The predicted molar refractivity (Wildman–Crippen MR) is 103 cm³/mol. The second kappa shape index (κ2) is 8.10. The molecule has 28 heavy (non-hydrogen) atoms. The number of hydrogen-bond donors (Lipinski definition) is 2. The second-order valence-corrected chi connectivity index (χ2v) is 7.38. The van der Waals surface area contributed by atoms with E-state index in [1.54, 1.807) is 0 Å². The van der Waals surface area contributed by atoms with Crippen LogP contribution in [0.1, 0.15) is 42.0 Å². The Morgan fingerprint density at radius 3 is 3.00 bits per heavy atom. The first-order valence-corrected chi connectivity index (χ1v) is 9.78. The lowest BCUT2D eigenvalue weighted by Gasteiger charge is -2.29. The number of nitrogens with one attached hydrogen (secondary N) is 2. The fraction of sp³-hybridized carbons (Fsp3) is 0.500. The molecule has 0 bridgehead atoms. The third-order valence-corrected chi connectivity index (χ3v) is 5.27. The number of anilines is 1. The number of aryl methyl sites for hydroxylation is 2. The summed E-state index contributed by atoms with van der Waals surface area (Å²) in [6.45, 7) is 3.76. The molecule has 2 aliphatic heterocycles. The van der Waals surface area contributed by atoms with Gasteiger partial charge in [-0.15, -0.1) is 0 Å². The Hall–Kier alpha value is -2.74. The van der Waals surface area contributed by atoms with Crippen molar-refractivity contribution in [3.05, 3.63) is 41.0 Å². The van der Waals surface area contributed by atoms with Gasteiger partial charge in [0.05, 0.1) is 0 Å². The van der Waals surface area contributed by atoms with E-state index in [0.717, 1.165) is 36.3 Å². The van der Waals surface area contributed by atoms with Crippen molar-refractivity contribution < 1.29 is 14.3 Å². The van der Waals surface area contributed by atoms with Gasteiger partial charge < -0.3 is 15.0 Å². The van der Waals surface area contributed by atoms with Crippen molar-refractivity contribution in [2.24, 2.45) is 0 Å². The van der Waals surface area contributed by atoms with Gasteiger partial charge in [0.25, 0.3) is 5.91 Å². The van der Waals surface area contributed by atoms with Crippen LogP contribution in [0.2, 0.25) is 0 Å². The molecule has 0 unspecified atom stereocenters. The molecular formula is C20H25N5O3. The number of H-pyrrole nitrogens is 1. The Labute approximate surface area is 163 Å². The summed E-state index contributed by atoms with van der Waals surface area (Å²) in [4.78, 5) is 31.0. The molecule has 8 heteroatoms. The van der Waals surface area contributed by atoms with Crippen LogP contribution < -0.4 is 5.32 Å². The first kappa shape index (κ1) is 18.6. The molecule has 0 spiro atoms. The number of aromatic nitrogens is 3. The molecule has 1 fully saturated rings. The third kappa shape index (κ3) is 4.22. The fourth-order valence-electron chi connectivity index (χ4n) is 3.73. The maximum Gasteiger partial charge on any atom is 0.253 e. The van der Waals surface area contributed by atoms with Gasteiger partial charge in [-0.1, -0.05) is 6.07 Å². The lowest BCUT2D eigenvalue weighted by molar-refractivity contribution is -0.132. The molecule has 8 nitrogen and oxygen atoms in total. The van der Waals surface area contributed by atoms with Crippen molar-refractivity contribution in [1.82, 2.24) is 20.1 Å². The van der Waals surface area contributed by atoms with Crippen LogP contribution in [-0.2, 0) is 33.7 Å². The maximum absolute atomic E-state index is 12.6. The highest BCUT2D eigenvalue weighted by Crippen LogP contribution is 2.24. The molecule has 2 amide bonds. The van der Waals surface area contributed by atoms with Crippen LogP contribution in [-0.4, -0.2) is 51.2 Å². The number of ether oxygens (including phenoxy) is 1. The molecule has 2 aromatic rings. The predicted octanol–water partition coefficient (Wildman–Crippen LogP) is 1.75. The lowest BCUT2D eigenvalue weighted by atomic mass is 9.98. The van der Waals surface area contributed by atoms with Crippen LogP contribution in [0.3, 0.4) is 0 Å². The third-order valence-electron chi connectivity index (χ3n) is 5.27. The van der Waals surface area contributed by atoms with E-state index < -0.39 is 0 Å². The fourth-order valence-corrected chi connectivity index (χ4v) is 3.73. The first-order valence-electron chi connectivity index (χ1n) is 9.78. The normalized spacial score (nSPS) is 18.8. The number of carbonyl (C=O) groups excluding carboxylic acids is 2. The van der Waals surface area contributed by atoms with Gasteiger partial charge in [0, 0.05) is 38.2 Å². The van der Waals surface area contributed by atoms with Gasteiger partial charge in [0.15, 0.2) is 5.82 Å². The molecule has 0 radical (unpaired) electrons. The number of aromatic amines is 1. The number of benzene rings is 1. The van der Waals surface area contributed by atoms with Crippen molar-refractivity contribution >= 4 is 17.5 Å². The summed E-state index contributed by atoms with van der Waals surface area (Å²) < 4.78 is 5.44. The number of rotatable bonds is 5. The highest BCUT2D eigenvalue weighted by molar-refractivity contribution is 5.94. The van der Waals surface area contributed by atoms with Gasteiger partial charge in [0.1, 0.15) is 11.9 Å². The van der Waals surface area contributed by atoms with E-state index in [1.165, 1.54) is 5.56 Å². The van der Waals surface area contributed by atoms with Gasteiger partial charge >= 0.3 is 0 Å². The molecule has 4 rings (SSSR count). The largest absolute Gasteiger partial charge is 0.368 e. The van der Waals surface area contributed by atoms with Crippen LogP contribution in [0.25, 0.3) is 0 Å². The zero-order chi connectivity index (χ0) is 19.5. The summed E-state index contributed by atoms with van der Waals surface area (Å²) in [5, 5.41) is 9.82. The molecule has 1 aromatic heterocycles. The Morgan fingerprint density at radius 2 is 2.25 bits per heavy atom. The molecule has 0 saturated carbocycles. The quantitative estimate of drug-likeness (QED) is 0.819. The van der Waals surface area contributed by atoms with Crippen molar-refractivity contribution in [1.29, 1.82) is 0 Å². The summed E-state index contributed by atoms with van der Waals surface area (Å²) >= 11 is 0. The first-order chi connectivity index (χ1) is 13.6. The van der Waals surface area contributed by atoms with Crippen molar-refractivity contribution in [2.75, 3.05) is 18.5 Å². The lowest BCUT2D eigenvalue weighted by Crippen LogP contribution is -2.36. The van der Waals surface area contributed by atoms with Crippen LogP contribution in [0.15, 0.2) is 18.2 Å². The molecule has 3 heterocycles. The standard InChI is InChI=1S/C20H25N5O3/c1-13-21-18(24-23-13)6-7-19(26)25-9-8-14-4-5-16(11-15(14)12-25)22-20(27)17-3-2-10-28-17/h4-5,11,17H,2-3,6-10,12H2,1H3,(H,22,27)(H,21,23,24)/t17-/m0/s1. The Morgan fingerprint density at radius 1 is 1.36 bits per heavy atom. The van der Waals surface area contributed by atoms with Crippen molar-refractivity contribution in [3.8, 4) is 0 Å². The van der Waals surface area contributed by atoms with E-state index >= 15 is 0 Å². The average Bonchev–Trinajstić information content (AvgIpc) is 3.37. The number of carbonyl (C=O) groups is 2. The van der Waals surface area contributed by atoms with E-state index in [-0.39, 0.29) is 17.9 Å². The molecule has 1 atom stereocenters. The molecule has 1 saturated heterocycles. The van der Waals surface area contributed by atoms with Crippen molar-refractivity contribution in [3.63, 3.8) is 0 Å². The van der Waals surface area contributed by atoms with E-state index in [9.17, 15) is 9.59 Å². The van der Waals surface area contributed by atoms with Crippen LogP contribution in [0.5, 0.6) is 0 Å². The summed E-state index contributed by atoms with van der Waals surface area (Å²) in [5.41, 5.74) is 3.06. The Bertz CT molecular complexity index is 872. The average molecular weight is 383 g/mol. The van der Waals surface area contributed by atoms with Gasteiger partial charge in [-0.05, 0) is 49.4 Å². The molecule has 148 valence electrons. The molecule has 2 aliphatic rings. The van der Waals surface area contributed by atoms with Gasteiger partial charge in [-0.3, -0.25) is 14.7 Å². The maximum atomic E-state index is 12.6. The van der Waals surface area contributed by atoms with E-state index in [1.807, 2.05) is 30.0 Å². The van der Waals surface area contributed by atoms with Gasteiger partial charge in [-0.25, -0.2) is 4.98 Å². The SMILES string of the molecule is Cc1nc(CCC(=O)N2CCc3ccc(NC(=O)[C@@H]4CCCO4)cc3C2)n[nH]1. The number of nitrogens with zero attached hydrogens (tertiary/aromatic N) is 3. The molecule has 1 aromatic carbocycles. The number of fused-ring (bicyclic) bond motifs is 1. The number of amides is 2. The highest BCUT2D eigenvalue weighted by Gasteiger charge is 2.25. The summed E-state index contributed by atoms with van der Waals surface area (Å²) in [6, 6.07) is 5.94. The summed E-state index contributed by atoms with van der Waals surface area (Å²) in [5.74, 6) is 1.43. The summed E-state index contributed by atoms with van der Waals surface area (Å²) in [6.07, 6.45) is 3.08. The zero-order valence-corrected chi connectivity index (χ0v) is 16.0. The zero-order valence-electron chi connectivity index (χ0n) is 16.0. The summed E-state index contributed by atoms with van der Waals surface area (Å²) in [7, 11) is 0. The van der Waals surface area contributed by atoms with Crippen LogP contribution >= 0.6 is 0 Å². The smallest absolute Gasteiger partial charge is 0.253 e. The van der Waals surface area contributed by atoms with E-state index in [4.69, 9.17) is 4.74 Å². The minimum Gasteiger partial charge on any atom is -0.368 e.